The van der Waals surface area contributed by atoms with Crippen molar-refractivity contribution in [1.82, 2.24) is 35.1 Å². The Morgan fingerprint density at radius 2 is 1.97 bits per heavy atom. The van der Waals surface area contributed by atoms with E-state index >= 15 is 0 Å². The van der Waals surface area contributed by atoms with Crippen LogP contribution in [0.5, 0.6) is 0 Å². The van der Waals surface area contributed by atoms with Crippen molar-refractivity contribution >= 4 is 46.2 Å². The normalized spacial score (nSPS) is 12.2. The minimum atomic E-state index is -0.108. The van der Waals surface area contributed by atoms with Crippen molar-refractivity contribution in [3.05, 3.63) is 54.9 Å². The van der Waals surface area contributed by atoms with Gasteiger partial charge in [-0.2, -0.15) is 5.10 Å². The van der Waals surface area contributed by atoms with E-state index in [1.165, 1.54) is 0 Å². The van der Waals surface area contributed by atoms with E-state index in [2.05, 4.69) is 47.2 Å². The van der Waals surface area contributed by atoms with Crippen molar-refractivity contribution in [3.8, 4) is 22.6 Å². The fourth-order valence-corrected chi connectivity index (χ4v) is 4.27. The lowest BCUT2D eigenvalue weighted by Gasteiger charge is -2.17. The summed E-state index contributed by atoms with van der Waals surface area (Å²) >= 11 is 0. The van der Waals surface area contributed by atoms with E-state index in [0.717, 1.165) is 27.7 Å². The van der Waals surface area contributed by atoms with Gasteiger partial charge in [-0.05, 0) is 37.3 Å². The van der Waals surface area contributed by atoms with Gasteiger partial charge in [-0.25, -0.2) is 15.0 Å². The first-order valence-electron chi connectivity index (χ1n) is 12.4. The van der Waals surface area contributed by atoms with Gasteiger partial charge in [0.05, 0.1) is 28.5 Å². The summed E-state index contributed by atoms with van der Waals surface area (Å²) < 4.78 is 0. The van der Waals surface area contributed by atoms with Crippen LogP contribution in [0, 0.1) is 5.41 Å². The Bertz CT molecular complexity index is 1720. The molecule has 5 rings (SSSR count). The number of aliphatic imine (C=N–C) groups is 1. The van der Waals surface area contributed by atoms with Gasteiger partial charge in [-0.15, -0.1) is 0 Å². The predicted molar refractivity (Wildman–Crippen MR) is 154 cm³/mol. The number of imidazole rings is 1. The molecule has 11 nitrogen and oxygen atoms in total. The summed E-state index contributed by atoms with van der Waals surface area (Å²) in [6.45, 7) is 11.5. The average molecular weight is 523 g/mol. The molecule has 0 aliphatic heterocycles. The molecule has 5 aromatic rings. The number of rotatable bonds is 7. The molecule has 0 radical (unpaired) electrons. The molecule has 0 saturated heterocycles. The van der Waals surface area contributed by atoms with E-state index in [9.17, 15) is 4.79 Å². The van der Waals surface area contributed by atoms with Crippen molar-refractivity contribution < 1.29 is 4.79 Å². The van der Waals surface area contributed by atoms with Crippen molar-refractivity contribution in [2.75, 3.05) is 17.3 Å². The largest absolute Gasteiger partial charge is 0.336 e. The second-order valence-electron chi connectivity index (χ2n) is 10.6. The van der Waals surface area contributed by atoms with Crippen molar-refractivity contribution in [1.29, 1.82) is 0 Å². The molecule has 3 N–H and O–H groups in total. The number of pyridine rings is 3. The van der Waals surface area contributed by atoms with Gasteiger partial charge in [0.15, 0.2) is 17.3 Å². The van der Waals surface area contributed by atoms with Crippen LogP contribution in [0.15, 0.2) is 59.9 Å². The van der Waals surface area contributed by atoms with Crippen LogP contribution < -0.4 is 10.2 Å². The van der Waals surface area contributed by atoms with Gasteiger partial charge >= 0.3 is 0 Å². The number of hydrogen-bond donors (Lipinski definition) is 3. The SMILES string of the molecule is C=N/C(C)=C\N(C)c1nccc2[nH]c(-c3[nH]nc4ncc(-c5cncc(NC(=O)CC(C)(C)C)c5)cc34)nc12. The molecule has 39 heavy (non-hydrogen) atoms. The molecular formula is C28H30N10O. The third-order valence-electron chi connectivity index (χ3n) is 6.04. The Morgan fingerprint density at radius 1 is 1.18 bits per heavy atom. The quantitative estimate of drug-likeness (QED) is 0.245. The lowest BCUT2D eigenvalue weighted by Crippen LogP contribution is -2.19. The van der Waals surface area contributed by atoms with Gasteiger partial charge in [-0.3, -0.25) is 19.9 Å². The number of carbonyl (C=O) groups excluding carboxylic acids is 1. The van der Waals surface area contributed by atoms with Crippen LogP contribution in [0.2, 0.25) is 0 Å². The topological polar surface area (TPSA) is 141 Å². The summed E-state index contributed by atoms with van der Waals surface area (Å²) in [5, 5.41) is 11.2. The van der Waals surface area contributed by atoms with Crippen LogP contribution in [0.1, 0.15) is 34.1 Å². The van der Waals surface area contributed by atoms with E-state index in [4.69, 9.17) is 4.98 Å². The zero-order chi connectivity index (χ0) is 27.7. The summed E-state index contributed by atoms with van der Waals surface area (Å²) in [6, 6.07) is 5.75. The maximum atomic E-state index is 12.4. The Kier molecular flexibility index (Phi) is 6.65. The molecule has 11 heteroatoms. The first kappa shape index (κ1) is 25.7. The van der Waals surface area contributed by atoms with Gasteiger partial charge in [0, 0.05) is 49.4 Å². The lowest BCUT2D eigenvalue weighted by molar-refractivity contribution is -0.117. The number of hydrogen-bond acceptors (Lipinski definition) is 8. The smallest absolute Gasteiger partial charge is 0.224 e. The maximum absolute atomic E-state index is 12.4. The highest BCUT2D eigenvalue weighted by Crippen LogP contribution is 2.31. The molecule has 0 fully saturated rings. The Balaban J connectivity index is 1.50. The number of carbonyl (C=O) groups is 1. The molecule has 198 valence electrons. The summed E-state index contributed by atoms with van der Waals surface area (Å²) in [5.41, 5.74) is 5.73. The second kappa shape index (κ2) is 10.1. The molecule has 0 saturated carbocycles. The predicted octanol–water partition coefficient (Wildman–Crippen LogP) is 5.33. The highest BCUT2D eigenvalue weighted by atomic mass is 16.1. The van der Waals surface area contributed by atoms with E-state index in [1.807, 2.05) is 64.0 Å². The molecule has 0 atom stereocenters. The van der Waals surface area contributed by atoms with Gasteiger partial charge in [0.1, 0.15) is 11.2 Å². The Labute approximate surface area is 225 Å². The summed E-state index contributed by atoms with van der Waals surface area (Å²) in [7, 11) is 1.89. The second-order valence-corrected chi connectivity index (χ2v) is 10.6. The molecular weight excluding hydrogens is 492 g/mol. The minimum Gasteiger partial charge on any atom is -0.336 e. The molecule has 0 aliphatic rings. The monoisotopic (exact) mass is 522 g/mol. The highest BCUT2D eigenvalue weighted by Gasteiger charge is 2.18. The van der Waals surface area contributed by atoms with Gasteiger partial charge in [-0.1, -0.05) is 20.8 Å². The summed E-state index contributed by atoms with van der Waals surface area (Å²) in [5.74, 6) is 1.23. The van der Waals surface area contributed by atoms with E-state index < -0.39 is 0 Å². The Hall–Kier alpha value is -4.93. The number of anilines is 2. The maximum Gasteiger partial charge on any atom is 0.224 e. The zero-order valence-corrected chi connectivity index (χ0v) is 22.6. The number of amides is 1. The summed E-state index contributed by atoms with van der Waals surface area (Å²) in [4.78, 5) is 39.8. The zero-order valence-electron chi connectivity index (χ0n) is 22.6. The number of aromatic amines is 2. The van der Waals surface area contributed by atoms with Crippen LogP contribution in [-0.4, -0.2) is 54.8 Å². The molecule has 0 aromatic carbocycles. The first-order valence-corrected chi connectivity index (χ1v) is 12.4. The minimum absolute atomic E-state index is 0.0528. The van der Waals surface area contributed by atoms with Gasteiger partial charge in [0.2, 0.25) is 5.91 Å². The molecule has 0 aliphatic carbocycles. The standard InChI is InChI=1S/C28H30N10O/c1-16(29-5)15-38(6)27-24-21(7-8-31-27)34-26(35-24)23-20-10-18(13-32-25(20)37-36-23)17-9-19(14-30-12-17)33-22(39)11-28(2,3)4/h7-10,12-15H,5,11H2,1-4,6H3,(H,33,39)(H,34,35)(H,32,36,37)/b16-15-. The molecule has 0 bridgehead atoms. The lowest BCUT2D eigenvalue weighted by atomic mass is 9.92. The molecule has 5 heterocycles. The van der Waals surface area contributed by atoms with Crippen LogP contribution in [0.3, 0.4) is 0 Å². The highest BCUT2D eigenvalue weighted by molar-refractivity contribution is 5.96. The van der Waals surface area contributed by atoms with Crippen LogP contribution in [0.25, 0.3) is 44.7 Å². The number of H-pyrrole nitrogens is 2. The van der Waals surface area contributed by atoms with E-state index in [-0.39, 0.29) is 11.3 Å². The average Bonchev–Trinajstić information content (AvgIpc) is 3.51. The number of nitrogens with one attached hydrogen (secondary N) is 3. The Morgan fingerprint density at radius 3 is 2.74 bits per heavy atom. The first-order chi connectivity index (χ1) is 18.6. The fourth-order valence-electron chi connectivity index (χ4n) is 4.27. The van der Waals surface area contributed by atoms with Crippen LogP contribution in [0.4, 0.5) is 11.5 Å². The number of fused-ring (bicyclic) bond motifs is 2. The van der Waals surface area contributed by atoms with E-state index in [0.29, 0.717) is 40.6 Å². The fraction of sp³-hybridized carbons (Fsp3) is 0.250. The third-order valence-corrected chi connectivity index (χ3v) is 6.04. The van der Waals surface area contributed by atoms with Crippen molar-refractivity contribution in [3.63, 3.8) is 0 Å². The van der Waals surface area contributed by atoms with Crippen molar-refractivity contribution in [2.45, 2.75) is 34.1 Å². The van der Waals surface area contributed by atoms with Gasteiger partial charge in [0.25, 0.3) is 0 Å². The molecule has 0 spiro atoms. The van der Waals surface area contributed by atoms with Crippen LogP contribution in [-0.2, 0) is 4.79 Å². The van der Waals surface area contributed by atoms with Crippen molar-refractivity contribution in [2.24, 2.45) is 10.4 Å². The number of aromatic nitrogens is 7. The molecule has 1 amide bonds. The van der Waals surface area contributed by atoms with E-state index in [1.54, 1.807) is 24.8 Å². The molecule has 5 aromatic heterocycles. The molecule has 0 unspecified atom stereocenters. The number of nitrogens with zero attached hydrogens (tertiary/aromatic N) is 7. The summed E-state index contributed by atoms with van der Waals surface area (Å²) in [6.07, 6.45) is 9.10. The van der Waals surface area contributed by atoms with Gasteiger partial charge < -0.3 is 15.2 Å². The number of allylic oxidation sites excluding steroid dienone is 1. The van der Waals surface area contributed by atoms with Crippen LogP contribution >= 0.6 is 0 Å². The third kappa shape index (κ3) is 5.52.